The van der Waals surface area contributed by atoms with Gasteiger partial charge in [-0.05, 0) is 87.8 Å². The van der Waals surface area contributed by atoms with E-state index in [2.05, 4.69) is 6.92 Å². The van der Waals surface area contributed by atoms with Crippen molar-refractivity contribution in [2.45, 2.75) is 84.2 Å². The summed E-state index contributed by atoms with van der Waals surface area (Å²) in [5.41, 5.74) is 1.46. The molecule has 3 rings (SSSR count). The summed E-state index contributed by atoms with van der Waals surface area (Å²) in [6, 6.07) is 2.88. The Bertz CT molecular complexity index is 696. The van der Waals surface area contributed by atoms with Crippen LogP contribution in [0.15, 0.2) is 24.0 Å². The molecule has 30 heavy (non-hydrogen) atoms. The van der Waals surface area contributed by atoms with Crippen molar-refractivity contribution in [2.75, 3.05) is 13.2 Å². The fourth-order valence-corrected chi connectivity index (χ4v) is 4.60. The first-order valence-corrected chi connectivity index (χ1v) is 11.7. The van der Waals surface area contributed by atoms with Crippen molar-refractivity contribution in [3.8, 4) is 11.5 Å². The van der Waals surface area contributed by atoms with Crippen molar-refractivity contribution >= 4 is 0 Å². The molecular formula is C25H36F2O3. The second-order valence-corrected chi connectivity index (χ2v) is 8.66. The number of halogens is 2. The molecule has 1 aromatic rings. The number of unbranched alkanes of at least 4 members (excludes halogenated alkanes) is 2. The van der Waals surface area contributed by atoms with E-state index in [-0.39, 0.29) is 11.5 Å². The lowest BCUT2D eigenvalue weighted by Crippen LogP contribution is -2.30. The minimum atomic E-state index is -0.977. The summed E-state index contributed by atoms with van der Waals surface area (Å²) in [5, 5.41) is 0. The molecule has 1 heterocycles. The normalized spacial score (nSPS) is 24.1. The van der Waals surface area contributed by atoms with Gasteiger partial charge in [-0.2, -0.15) is 8.78 Å². The van der Waals surface area contributed by atoms with E-state index >= 15 is 0 Å². The van der Waals surface area contributed by atoms with Crippen LogP contribution >= 0.6 is 0 Å². The molecule has 3 nitrogen and oxygen atoms in total. The van der Waals surface area contributed by atoms with Crippen molar-refractivity contribution in [3.63, 3.8) is 0 Å². The maximum absolute atomic E-state index is 14.2. The average Bonchev–Trinajstić information content (AvgIpc) is 2.78. The van der Waals surface area contributed by atoms with Gasteiger partial charge in [-0.15, -0.1) is 0 Å². The van der Waals surface area contributed by atoms with Gasteiger partial charge in [0.1, 0.15) is 6.10 Å². The summed E-state index contributed by atoms with van der Waals surface area (Å²) < 4.78 is 44.9. The molecular weight excluding hydrogens is 386 g/mol. The third-order valence-electron chi connectivity index (χ3n) is 6.46. The second kappa shape index (κ2) is 11.6. The lowest BCUT2D eigenvalue weighted by molar-refractivity contribution is 0.0346. The monoisotopic (exact) mass is 422 g/mol. The standard InChI is InChI=1S/C25H36F2O3/c1-3-5-6-7-18-10-13-21(29-16-18)20-11-8-19(9-12-20)17-30-23-15-14-22(28-4-2)24(26)25(23)27/h14-16,19-21H,3-13,17H2,1-2H3. The number of rotatable bonds is 10. The molecule has 1 aliphatic heterocycles. The van der Waals surface area contributed by atoms with Crippen LogP contribution < -0.4 is 9.47 Å². The maximum Gasteiger partial charge on any atom is 0.204 e. The fraction of sp³-hybridized carbons (Fsp3) is 0.680. The van der Waals surface area contributed by atoms with Crippen molar-refractivity contribution in [3.05, 3.63) is 35.6 Å². The van der Waals surface area contributed by atoms with Crippen molar-refractivity contribution in [1.82, 2.24) is 0 Å². The van der Waals surface area contributed by atoms with Crippen LogP contribution in [0.2, 0.25) is 0 Å². The molecule has 2 aliphatic rings. The highest BCUT2D eigenvalue weighted by Gasteiger charge is 2.30. The number of allylic oxidation sites excluding steroid dienone is 1. The topological polar surface area (TPSA) is 27.7 Å². The third kappa shape index (κ3) is 6.12. The zero-order valence-electron chi connectivity index (χ0n) is 18.4. The minimum absolute atomic E-state index is 0.0329. The molecule has 0 aromatic heterocycles. The predicted octanol–water partition coefficient (Wildman–Crippen LogP) is 7.19. The molecule has 1 aromatic carbocycles. The van der Waals surface area contributed by atoms with E-state index in [1.165, 1.54) is 49.8 Å². The van der Waals surface area contributed by atoms with E-state index in [0.29, 0.717) is 31.2 Å². The van der Waals surface area contributed by atoms with Gasteiger partial charge in [0.2, 0.25) is 11.6 Å². The van der Waals surface area contributed by atoms with Gasteiger partial charge in [0.05, 0.1) is 19.5 Å². The lowest BCUT2D eigenvalue weighted by Gasteiger charge is -2.35. The number of ether oxygens (including phenoxy) is 3. The lowest BCUT2D eigenvalue weighted by atomic mass is 9.78. The first kappa shape index (κ1) is 22.9. The largest absolute Gasteiger partial charge is 0.498 e. The van der Waals surface area contributed by atoms with Crippen LogP contribution in [-0.4, -0.2) is 19.3 Å². The first-order valence-electron chi connectivity index (χ1n) is 11.7. The molecule has 1 atom stereocenters. The minimum Gasteiger partial charge on any atom is -0.498 e. The van der Waals surface area contributed by atoms with Gasteiger partial charge in [-0.25, -0.2) is 0 Å². The van der Waals surface area contributed by atoms with Gasteiger partial charge >= 0.3 is 0 Å². The third-order valence-corrected chi connectivity index (χ3v) is 6.46. The van der Waals surface area contributed by atoms with Gasteiger partial charge in [-0.1, -0.05) is 19.8 Å². The van der Waals surface area contributed by atoms with Crippen LogP contribution in [0.5, 0.6) is 11.5 Å². The Kier molecular flexibility index (Phi) is 8.83. The quantitative estimate of drug-likeness (QED) is 0.373. The fourth-order valence-electron chi connectivity index (χ4n) is 4.60. The highest BCUT2D eigenvalue weighted by Crippen LogP contribution is 2.37. The van der Waals surface area contributed by atoms with Gasteiger partial charge in [0.25, 0.3) is 0 Å². The summed E-state index contributed by atoms with van der Waals surface area (Å²) in [6.07, 6.45) is 13.9. The summed E-state index contributed by atoms with van der Waals surface area (Å²) >= 11 is 0. The molecule has 168 valence electrons. The van der Waals surface area contributed by atoms with Gasteiger partial charge in [0, 0.05) is 0 Å². The van der Waals surface area contributed by atoms with E-state index in [0.717, 1.165) is 32.1 Å². The van der Waals surface area contributed by atoms with Crippen LogP contribution in [0.4, 0.5) is 8.78 Å². The Balaban J connectivity index is 1.41. The zero-order chi connectivity index (χ0) is 21.3. The molecule has 1 fully saturated rings. The summed E-state index contributed by atoms with van der Waals surface area (Å²) in [4.78, 5) is 0. The highest BCUT2D eigenvalue weighted by atomic mass is 19.2. The number of hydrogen-bond acceptors (Lipinski definition) is 3. The SMILES string of the molecule is CCCCCC1=COC(C2CCC(COc3ccc(OCC)c(F)c3F)CC2)CC1. The molecule has 0 saturated heterocycles. The molecule has 1 unspecified atom stereocenters. The molecule has 0 bridgehead atoms. The van der Waals surface area contributed by atoms with Crippen molar-refractivity contribution < 1.29 is 23.0 Å². The van der Waals surface area contributed by atoms with Crippen LogP contribution in [0.1, 0.15) is 78.1 Å². The smallest absolute Gasteiger partial charge is 0.204 e. The van der Waals surface area contributed by atoms with Crippen LogP contribution in [-0.2, 0) is 4.74 Å². The van der Waals surface area contributed by atoms with E-state index < -0.39 is 11.6 Å². The summed E-state index contributed by atoms with van der Waals surface area (Å²) in [6.45, 7) is 4.68. The predicted molar refractivity (Wildman–Crippen MR) is 115 cm³/mol. The van der Waals surface area contributed by atoms with Crippen LogP contribution in [0.3, 0.4) is 0 Å². The second-order valence-electron chi connectivity index (χ2n) is 8.66. The molecule has 0 N–H and O–H groups in total. The number of benzene rings is 1. The molecule has 0 spiro atoms. The van der Waals surface area contributed by atoms with Gasteiger partial charge in [-0.3, -0.25) is 0 Å². The van der Waals surface area contributed by atoms with E-state index in [9.17, 15) is 8.78 Å². The van der Waals surface area contributed by atoms with Crippen molar-refractivity contribution in [2.24, 2.45) is 11.8 Å². The summed E-state index contributed by atoms with van der Waals surface area (Å²) in [5.74, 6) is -1.08. The summed E-state index contributed by atoms with van der Waals surface area (Å²) in [7, 11) is 0. The first-order chi connectivity index (χ1) is 14.6. The Labute approximate surface area is 179 Å². The molecule has 0 amide bonds. The molecule has 1 saturated carbocycles. The van der Waals surface area contributed by atoms with Gasteiger partial charge < -0.3 is 14.2 Å². The van der Waals surface area contributed by atoms with E-state index in [4.69, 9.17) is 14.2 Å². The van der Waals surface area contributed by atoms with Gasteiger partial charge in [0.15, 0.2) is 11.5 Å². The zero-order valence-corrected chi connectivity index (χ0v) is 18.4. The number of hydrogen-bond donors (Lipinski definition) is 0. The highest BCUT2D eigenvalue weighted by molar-refractivity contribution is 5.35. The Morgan fingerprint density at radius 3 is 2.23 bits per heavy atom. The molecule has 5 heteroatoms. The van der Waals surface area contributed by atoms with Crippen LogP contribution in [0.25, 0.3) is 0 Å². The van der Waals surface area contributed by atoms with Crippen molar-refractivity contribution in [1.29, 1.82) is 0 Å². The van der Waals surface area contributed by atoms with Crippen LogP contribution in [0, 0.1) is 23.5 Å². The molecule has 1 aliphatic carbocycles. The average molecular weight is 423 g/mol. The maximum atomic E-state index is 14.2. The van der Waals surface area contributed by atoms with E-state index in [1.807, 2.05) is 6.26 Å². The van der Waals surface area contributed by atoms with E-state index in [1.54, 1.807) is 6.92 Å². The molecule has 0 radical (unpaired) electrons. The Morgan fingerprint density at radius 2 is 1.63 bits per heavy atom. The Morgan fingerprint density at radius 1 is 0.933 bits per heavy atom. The Hall–Kier alpha value is -1.78.